The van der Waals surface area contributed by atoms with Crippen LogP contribution in [0.4, 0.5) is 5.82 Å². The van der Waals surface area contributed by atoms with Crippen molar-refractivity contribution < 1.29 is 4.79 Å². The van der Waals surface area contributed by atoms with E-state index in [4.69, 9.17) is 0 Å². The highest BCUT2D eigenvalue weighted by molar-refractivity contribution is 6.03. The fraction of sp³-hybridized carbons (Fsp3) is 0.308. The van der Waals surface area contributed by atoms with Gasteiger partial charge in [-0.25, -0.2) is 0 Å². The minimum absolute atomic E-state index is 0.534. The highest BCUT2D eigenvalue weighted by Crippen LogP contribution is 2.28. The number of hydrogen-bond acceptors (Lipinski definition) is 2. The molecular formula is C13H14N2O. The topological polar surface area (TPSA) is 44.9 Å². The lowest BCUT2D eigenvalue weighted by Gasteiger charge is -2.26. The molecule has 1 fully saturated rings. The summed E-state index contributed by atoms with van der Waals surface area (Å²) < 4.78 is 0. The maximum Gasteiger partial charge on any atom is 0.154 e. The monoisotopic (exact) mass is 214 g/mol. The number of anilines is 1. The molecule has 1 aromatic heterocycles. The van der Waals surface area contributed by atoms with Crippen molar-refractivity contribution in [1.29, 1.82) is 0 Å². The van der Waals surface area contributed by atoms with Crippen LogP contribution >= 0.6 is 0 Å². The summed E-state index contributed by atoms with van der Waals surface area (Å²) in [6.07, 6.45) is 4.62. The van der Waals surface area contributed by atoms with E-state index in [1.165, 1.54) is 19.3 Å². The summed E-state index contributed by atoms with van der Waals surface area (Å²) in [4.78, 5) is 14.4. The minimum Gasteiger partial charge on any atom is -0.368 e. The molecule has 1 aromatic carbocycles. The van der Waals surface area contributed by atoms with Crippen molar-refractivity contribution in [2.75, 3.05) is 5.32 Å². The average molecular weight is 214 g/mol. The molecule has 2 N–H and O–H groups in total. The number of H-pyrrole nitrogens is 1. The second kappa shape index (κ2) is 3.67. The van der Waals surface area contributed by atoms with E-state index in [-0.39, 0.29) is 0 Å². The first-order chi connectivity index (χ1) is 7.88. The second-order valence-corrected chi connectivity index (χ2v) is 4.35. The zero-order chi connectivity index (χ0) is 11.0. The third-order valence-corrected chi connectivity index (χ3v) is 3.32. The van der Waals surface area contributed by atoms with E-state index in [1.807, 2.05) is 24.3 Å². The first-order valence-electron chi connectivity index (χ1n) is 5.71. The van der Waals surface area contributed by atoms with Crippen LogP contribution in [-0.2, 0) is 0 Å². The molecule has 1 saturated carbocycles. The summed E-state index contributed by atoms with van der Waals surface area (Å²) >= 11 is 0. The van der Waals surface area contributed by atoms with E-state index in [2.05, 4.69) is 10.3 Å². The Bertz CT molecular complexity index is 526. The molecule has 16 heavy (non-hydrogen) atoms. The van der Waals surface area contributed by atoms with Crippen molar-refractivity contribution in [3.63, 3.8) is 0 Å². The normalized spacial score (nSPS) is 16.0. The van der Waals surface area contributed by atoms with Crippen LogP contribution in [0.1, 0.15) is 29.6 Å². The number of aromatic amines is 1. The quantitative estimate of drug-likeness (QED) is 0.771. The molecule has 0 radical (unpaired) electrons. The van der Waals surface area contributed by atoms with Gasteiger partial charge in [0.15, 0.2) is 6.29 Å². The van der Waals surface area contributed by atoms with Crippen LogP contribution in [0.2, 0.25) is 0 Å². The Morgan fingerprint density at radius 2 is 2.12 bits per heavy atom. The molecular weight excluding hydrogens is 200 g/mol. The summed E-state index contributed by atoms with van der Waals surface area (Å²) in [5.74, 6) is 0.876. The molecule has 1 heterocycles. The van der Waals surface area contributed by atoms with Crippen LogP contribution in [0.5, 0.6) is 0 Å². The molecule has 0 spiro atoms. The number of para-hydroxylation sites is 1. The van der Waals surface area contributed by atoms with Gasteiger partial charge in [0.05, 0.1) is 5.56 Å². The largest absolute Gasteiger partial charge is 0.368 e. The molecule has 3 heteroatoms. The molecule has 1 aliphatic rings. The summed E-state index contributed by atoms with van der Waals surface area (Å²) in [6.45, 7) is 0. The van der Waals surface area contributed by atoms with Gasteiger partial charge in [-0.2, -0.15) is 0 Å². The van der Waals surface area contributed by atoms with Crippen molar-refractivity contribution in [1.82, 2.24) is 4.98 Å². The van der Waals surface area contributed by atoms with E-state index in [0.29, 0.717) is 6.04 Å². The zero-order valence-electron chi connectivity index (χ0n) is 8.99. The summed E-state index contributed by atoms with van der Waals surface area (Å²) in [7, 11) is 0. The second-order valence-electron chi connectivity index (χ2n) is 4.35. The Morgan fingerprint density at radius 1 is 1.31 bits per heavy atom. The summed E-state index contributed by atoms with van der Waals surface area (Å²) in [5.41, 5.74) is 1.77. The van der Waals surface area contributed by atoms with Crippen LogP contribution in [0.15, 0.2) is 24.3 Å². The van der Waals surface area contributed by atoms with E-state index >= 15 is 0 Å². The predicted molar refractivity (Wildman–Crippen MR) is 64.9 cm³/mol. The molecule has 0 saturated heterocycles. The fourth-order valence-electron chi connectivity index (χ4n) is 2.16. The Hall–Kier alpha value is -1.77. The number of aldehydes is 1. The first kappa shape index (κ1) is 9.46. The van der Waals surface area contributed by atoms with Crippen LogP contribution in [0.3, 0.4) is 0 Å². The van der Waals surface area contributed by atoms with Gasteiger partial charge in [-0.1, -0.05) is 18.2 Å². The van der Waals surface area contributed by atoms with E-state index in [0.717, 1.165) is 28.6 Å². The molecule has 3 rings (SSSR count). The van der Waals surface area contributed by atoms with Gasteiger partial charge in [0.1, 0.15) is 5.82 Å². The van der Waals surface area contributed by atoms with E-state index in [1.54, 1.807) is 0 Å². The number of aromatic nitrogens is 1. The molecule has 0 unspecified atom stereocenters. The maximum absolute atomic E-state index is 11.1. The number of nitrogens with one attached hydrogen (secondary N) is 2. The van der Waals surface area contributed by atoms with Gasteiger partial charge in [-0.15, -0.1) is 0 Å². The number of carbonyl (C=O) groups excluding carboxylic acids is 1. The lowest BCUT2D eigenvalue weighted by Crippen LogP contribution is -2.27. The van der Waals surface area contributed by atoms with Crippen LogP contribution in [0.25, 0.3) is 10.9 Å². The summed E-state index contributed by atoms with van der Waals surface area (Å²) in [5, 5.41) is 4.40. The van der Waals surface area contributed by atoms with E-state index < -0.39 is 0 Å². The molecule has 0 aliphatic heterocycles. The lowest BCUT2D eigenvalue weighted by atomic mass is 9.93. The van der Waals surface area contributed by atoms with Gasteiger partial charge in [-0.05, 0) is 25.3 Å². The number of hydrogen-bond donors (Lipinski definition) is 2. The smallest absolute Gasteiger partial charge is 0.154 e. The van der Waals surface area contributed by atoms with Crippen LogP contribution in [-0.4, -0.2) is 17.3 Å². The molecule has 3 nitrogen and oxygen atoms in total. The zero-order valence-corrected chi connectivity index (χ0v) is 8.99. The third-order valence-electron chi connectivity index (χ3n) is 3.32. The highest BCUT2D eigenvalue weighted by Gasteiger charge is 2.19. The summed E-state index contributed by atoms with van der Waals surface area (Å²) in [6, 6.07) is 8.43. The van der Waals surface area contributed by atoms with Gasteiger partial charge in [0.25, 0.3) is 0 Å². The van der Waals surface area contributed by atoms with Gasteiger partial charge in [-0.3, -0.25) is 4.79 Å². The Balaban J connectivity index is 2.04. The SMILES string of the molecule is O=Cc1c(NC2CCC2)[nH]c2ccccc12. The van der Waals surface area contributed by atoms with Crippen molar-refractivity contribution in [3.8, 4) is 0 Å². The standard InChI is InChI=1S/C13H14N2O/c16-8-11-10-6-1-2-7-12(10)15-13(11)14-9-4-3-5-9/h1-2,6-9,14-15H,3-5H2. The molecule has 0 bridgehead atoms. The molecule has 0 amide bonds. The predicted octanol–water partition coefficient (Wildman–Crippen LogP) is 2.94. The van der Waals surface area contributed by atoms with Crippen molar-refractivity contribution in [2.24, 2.45) is 0 Å². The Morgan fingerprint density at radius 3 is 2.81 bits per heavy atom. The third kappa shape index (κ3) is 1.40. The Labute approximate surface area is 93.9 Å². The van der Waals surface area contributed by atoms with Crippen molar-refractivity contribution in [3.05, 3.63) is 29.8 Å². The highest BCUT2D eigenvalue weighted by atomic mass is 16.1. The molecule has 82 valence electrons. The average Bonchev–Trinajstić information content (AvgIpc) is 2.60. The number of benzene rings is 1. The first-order valence-corrected chi connectivity index (χ1v) is 5.71. The van der Waals surface area contributed by atoms with Gasteiger partial charge in [0.2, 0.25) is 0 Å². The van der Waals surface area contributed by atoms with Crippen molar-refractivity contribution >= 4 is 23.0 Å². The fourth-order valence-corrected chi connectivity index (χ4v) is 2.16. The maximum atomic E-state index is 11.1. The van der Waals surface area contributed by atoms with Gasteiger partial charge >= 0.3 is 0 Å². The number of rotatable bonds is 3. The number of fused-ring (bicyclic) bond motifs is 1. The molecule has 1 aliphatic carbocycles. The van der Waals surface area contributed by atoms with E-state index in [9.17, 15) is 4.79 Å². The minimum atomic E-state index is 0.534. The van der Waals surface area contributed by atoms with Crippen LogP contribution in [0, 0.1) is 0 Å². The molecule has 0 atom stereocenters. The van der Waals surface area contributed by atoms with Crippen LogP contribution < -0.4 is 5.32 Å². The van der Waals surface area contributed by atoms with Gasteiger partial charge < -0.3 is 10.3 Å². The van der Waals surface area contributed by atoms with Crippen molar-refractivity contribution in [2.45, 2.75) is 25.3 Å². The van der Waals surface area contributed by atoms with Gasteiger partial charge in [0, 0.05) is 16.9 Å². The lowest BCUT2D eigenvalue weighted by molar-refractivity contribution is 0.112. The Kier molecular flexibility index (Phi) is 2.17. The number of carbonyl (C=O) groups is 1. The molecule has 2 aromatic rings.